The third-order valence-corrected chi connectivity index (χ3v) is 16.0. The average molecular weight is 1030 g/mol. The van der Waals surface area contributed by atoms with Crippen molar-refractivity contribution in [3.05, 3.63) is 71.4 Å². The van der Waals surface area contributed by atoms with E-state index in [1.54, 1.807) is 30.0 Å². The zero-order chi connectivity index (χ0) is 52.8. The second kappa shape index (κ2) is 21.0. The molecule has 17 nitrogen and oxygen atoms in total. The Morgan fingerprint density at radius 3 is 2.47 bits per heavy atom. The summed E-state index contributed by atoms with van der Waals surface area (Å²) in [6, 6.07) is 9.78. The zero-order valence-corrected chi connectivity index (χ0v) is 42.7. The maximum absolute atomic E-state index is 17.0. The zero-order valence-electron chi connectivity index (χ0n) is 42.7. The minimum absolute atomic E-state index is 0.0383. The van der Waals surface area contributed by atoms with Crippen LogP contribution in [-0.4, -0.2) is 155 Å². The Kier molecular flexibility index (Phi) is 14.4. The van der Waals surface area contributed by atoms with E-state index in [9.17, 15) is 29.4 Å². The number of pyridine rings is 1. The molecule has 1 aliphatic carbocycles. The fourth-order valence-corrected chi connectivity index (χ4v) is 11.9. The molecule has 4 aliphatic heterocycles. The summed E-state index contributed by atoms with van der Waals surface area (Å²) in [5.74, 6) is 1.58. The largest absolute Gasteiger partial charge is 0.508 e. The monoisotopic (exact) mass is 1030 g/mol. The Bertz CT molecular complexity index is 3110. The number of imide groups is 1. The summed E-state index contributed by atoms with van der Waals surface area (Å²) in [4.78, 5) is 75.9. The Hall–Kier alpha value is -7.01. The number of anilines is 2. The van der Waals surface area contributed by atoms with Crippen LogP contribution in [0.4, 0.5) is 25.1 Å². The number of halogens is 2. The molecule has 4 amide bonds. The highest BCUT2D eigenvalue weighted by molar-refractivity contribution is 6.07. The summed E-state index contributed by atoms with van der Waals surface area (Å²) < 4.78 is 43.8. The lowest BCUT2D eigenvalue weighted by molar-refractivity contribution is -0.136. The van der Waals surface area contributed by atoms with Crippen LogP contribution in [0.1, 0.15) is 81.1 Å². The number of phenolic OH excluding ortho intramolecular Hbond substituents is 1. The van der Waals surface area contributed by atoms with Crippen molar-refractivity contribution < 1.29 is 47.6 Å². The quantitative estimate of drug-likeness (QED) is 0.114. The van der Waals surface area contributed by atoms with E-state index in [-0.39, 0.29) is 89.3 Å². The summed E-state index contributed by atoms with van der Waals surface area (Å²) >= 11 is 0. The van der Waals surface area contributed by atoms with Crippen molar-refractivity contribution in [2.45, 2.75) is 70.8 Å². The average Bonchev–Trinajstić information content (AvgIpc) is 3.40. The Labute approximate surface area is 434 Å². The number of aliphatic hydroxyl groups is 1. The number of ketones is 1. The van der Waals surface area contributed by atoms with Crippen molar-refractivity contribution in [2.75, 3.05) is 95.5 Å². The van der Waals surface area contributed by atoms with Crippen LogP contribution in [0.5, 0.6) is 17.5 Å². The second-order valence-electron chi connectivity index (χ2n) is 21.5. The van der Waals surface area contributed by atoms with Crippen molar-refractivity contribution >= 4 is 56.8 Å². The number of carbonyl (C=O) groups is 4. The first-order valence-electron chi connectivity index (χ1n) is 26.0. The van der Waals surface area contributed by atoms with Gasteiger partial charge in [0, 0.05) is 119 Å². The number of aromatic nitrogens is 3. The first kappa shape index (κ1) is 51.5. The molecule has 1 spiro atoms. The van der Waals surface area contributed by atoms with Crippen molar-refractivity contribution in [2.24, 2.45) is 17.3 Å². The fraction of sp³-hybridized carbons (Fsp3) is 0.482. The third-order valence-electron chi connectivity index (χ3n) is 16.0. The molecule has 3 aromatic carbocycles. The molecule has 4 saturated heterocycles. The lowest BCUT2D eigenvalue weighted by Gasteiger charge is -2.45. The number of phenols is 1. The third kappa shape index (κ3) is 10.5. The lowest BCUT2D eigenvalue weighted by atomic mass is 9.64. The highest BCUT2D eigenvalue weighted by Crippen LogP contribution is 2.45. The second-order valence-corrected chi connectivity index (χ2v) is 21.5. The number of benzene rings is 3. The van der Waals surface area contributed by atoms with Crippen LogP contribution in [0.15, 0.2) is 48.7 Å². The first-order chi connectivity index (χ1) is 36.0. The van der Waals surface area contributed by atoms with Crippen LogP contribution in [0, 0.1) is 41.2 Å². The number of piperidine rings is 2. The molecule has 10 rings (SSSR count). The van der Waals surface area contributed by atoms with Gasteiger partial charge < -0.3 is 39.3 Å². The van der Waals surface area contributed by atoms with Gasteiger partial charge in [0.2, 0.25) is 5.91 Å². The molecule has 5 fully saturated rings. The number of terminal acetylenes is 1. The predicted molar refractivity (Wildman–Crippen MR) is 278 cm³/mol. The van der Waals surface area contributed by atoms with Crippen molar-refractivity contribution in [3.63, 3.8) is 0 Å². The Balaban J connectivity index is 0.737. The summed E-state index contributed by atoms with van der Waals surface area (Å²) in [6.45, 7) is 11.0. The van der Waals surface area contributed by atoms with E-state index < -0.39 is 28.7 Å². The molecule has 3 N–H and O–H groups in total. The molecule has 1 saturated carbocycles. The summed E-state index contributed by atoms with van der Waals surface area (Å²) in [5.41, 5.74) is -0.836. The number of ether oxygens (including phenoxy) is 2. The van der Waals surface area contributed by atoms with Crippen LogP contribution in [0.3, 0.4) is 0 Å². The number of amides is 4. The fourth-order valence-electron chi connectivity index (χ4n) is 11.9. The SMILES string of the molecule is C#Cc1c(F)ccc2cc(O)cc(-c3ncc4c(N5CCC[C@@](C)(O)C5)nc(OC[C@H](C)CN5CCN(CC6CCC7(CCN(C(=O)c8ccc(OC)c(N9CCC(=O)NC9=O)c8)CC7)C(=O)C6)CC5)nc4c3F)c12. The molecule has 0 radical (unpaired) electrons. The summed E-state index contributed by atoms with van der Waals surface area (Å²) in [5, 5.41) is 25.0. The number of hydrogen-bond acceptors (Lipinski definition) is 14. The molecule has 2 aromatic heterocycles. The number of carbonyl (C=O) groups excluding carboxylic acids is 4. The number of Topliss-reactive ketones (excluding diaryl/α,β-unsaturated/α-hetero) is 1. The van der Waals surface area contributed by atoms with Gasteiger partial charge in [0.25, 0.3) is 5.91 Å². The molecule has 394 valence electrons. The first-order valence-corrected chi connectivity index (χ1v) is 26.0. The number of likely N-dealkylation sites (tertiary alicyclic amines) is 1. The van der Waals surface area contributed by atoms with Crippen molar-refractivity contribution in [1.29, 1.82) is 0 Å². The highest BCUT2D eigenvalue weighted by atomic mass is 19.1. The van der Waals surface area contributed by atoms with E-state index in [2.05, 4.69) is 37.9 Å². The summed E-state index contributed by atoms with van der Waals surface area (Å²) in [6.07, 6.45) is 12.1. The standard InChI is InChI=1S/C56H63F2N9O8/c1-5-39-42(57)9-7-36-26-38(68)28-40(47(36)39)49-48(58)50-41(29-59-49)51(66-17-6-13-55(3,73)33-66)62-53(61-50)75-32-34(2)30-63-21-23-64(24-22-63)31-35-11-14-56(45(69)25-35)15-19-65(20-16-56)52(71)37-8-10-44(74-4)43(27-37)67-18-12-46(70)60-54(67)72/h1,7-10,26-29,34-35,68,73H,6,11-25,30-33H2,2-4H3,(H,60,70,72)/t34-,35?,55-/m1/s1. The maximum atomic E-state index is 17.0. The number of urea groups is 1. The van der Waals surface area contributed by atoms with Crippen LogP contribution < -0.4 is 24.6 Å². The van der Waals surface area contributed by atoms with Crippen LogP contribution in [0.2, 0.25) is 0 Å². The van der Waals surface area contributed by atoms with Crippen LogP contribution in [0.25, 0.3) is 32.9 Å². The lowest BCUT2D eigenvalue weighted by Crippen LogP contribution is -2.51. The highest BCUT2D eigenvalue weighted by Gasteiger charge is 2.46. The number of nitrogens with one attached hydrogen (secondary N) is 1. The molecule has 19 heteroatoms. The van der Waals surface area contributed by atoms with E-state index in [1.165, 1.54) is 42.5 Å². The molecule has 3 atom stereocenters. The van der Waals surface area contributed by atoms with Gasteiger partial charge in [0.15, 0.2) is 5.82 Å². The number of fused-ring (bicyclic) bond motifs is 2. The van der Waals surface area contributed by atoms with Gasteiger partial charge in [-0.1, -0.05) is 18.9 Å². The molecule has 75 heavy (non-hydrogen) atoms. The number of rotatable bonds is 12. The van der Waals surface area contributed by atoms with Gasteiger partial charge >= 0.3 is 12.0 Å². The van der Waals surface area contributed by atoms with Gasteiger partial charge in [0.05, 0.1) is 36.0 Å². The smallest absolute Gasteiger partial charge is 0.328 e. The molecular weight excluding hydrogens is 965 g/mol. The van der Waals surface area contributed by atoms with Crippen molar-refractivity contribution in [1.82, 2.24) is 35.0 Å². The van der Waals surface area contributed by atoms with Gasteiger partial charge in [0.1, 0.15) is 40.1 Å². The molecule has 1 unspecified atom stereocenters. The van der Waals surface area contributed by atoms with E-state index in [1.807, 2.05) is 4.90 Å². The van der Waals surface area contributed by atoms with E-state index >= 15 is 8.78 Å². The molecule has 5 aromatic rings. The van der Waals surface area contributed by atoms with E-state index in [0.717, 1.165) is 52.1 Å². The molecule has 0 bridgehead atoms. The van der Waals surface area contributed by atoms with Gasteiger partial charge in [-0.05, 0) is 93.2 Å². The normalized spacial score (nSPS) is 22.1. The van der Waals surface area contributed by atoms with Gasteiger partial charge in [-0.2, -0.15) is 9.97 Å². The van der Waals surface area contributed by atoms with Crippen molar-refractivity contribution in [3.8, 4) is 41.1 Å². The van der Waals surface area contributed by atoms with Gasteiger partial charge in [-0.25, -0.2) is 13.6 Å². The number of nitrogens with zero attached hydrogens (tertiary/aromatic N) is 8. The molecular formula is C56H63F2N9O8. The molecule has 6 heterocycles. The van der Waals surface area contributed by atoms with E-state index in [0.29, 0.717) is 91.1 Å². The van der Waals surface area contributed by atoms with Gasteiger partial charge in [-0.3, -0.25) is 29.6 Å². The van der Waals surface area contributed by atoms with Crippen LogP contribution >= 0.6 is 0 Å². The molecule has 5 aliphatic rings. The summed E-state index contributed by atoms with van der Waals surface area (Å²) in [7, 11) is 1.49. The number of methoxy groups -OCH3 is 1. The van der Waals surface area contributed by atoms with Gasteiger partial charge in [-0.15, -0.1) is 6.42 Å². The number of piperazine rings is 1. The Morgan fingerprint density at radius 2 is 1.75 bits per heavy atom. The number of aromatic hydroxyl groups is 1. The minimum Gasteiger partial charge on any atom is -0.508 e. The van der Waals surface area contributed by atoms with E-state index in [4.69, 9.17) is 20.9 Å². The number of β-amino-alcohol motifs (C(OH)–C–C–N with tert-alkyl or cyclic N) is 1. The Morgan fingerprint density at radius 1 is 0.973 bits per heavy atom. The number of hydrogen-bond donors (Lipinski definition) is 3. The maximum Gasteiger partial charge on any atom is 0.328 e. The topological polar surface area (TPSA) is 194 Å². The minimum atomic E-state index is -1.01. The van der Waals surface area contributed by atoms with Crippen LogP contribution in [-0.2, 0) is 9.59 Å². The predicted octanol–water partition coefficient (Wildman–Crippen LogP) is 6.54.